The summed E-state index contributed by atoms with van der Waals surface area (Å²) < 4.78 is 5.16. The lowest BCUT2D eigenvalue weighted by Crippen LogP contribution is -2.21. The third kappa shape index (κ3) is 27.7. The first-order valence-electron chi connectivity index (χ1n) is 16.6. The van der Waals surface area contributed by atoms with Crippen molar-refractivity contribution in [1.82, 2.24) is 0 Å². The Morgan fingerprint density at radius 3 is 1.37 bits per heavy atom. The van der Waals surface area contributed by atoms with E-state index < -0.39 is 11.9 Å². The van der Waals surface area contributed by atoms with Gasteiger partial charge in [-0.3, -0.25) is 9.59 Å². The Balaban J connectivity index is 3.38. The molecule has 0 aromatic carbocycles. The maximum atomic E-state index is 12.0. The number of carboxylic acid groups (broad SMARTS) is 1. The molecule has 0 radical (unpaired) electrons. The van der Waals surface area contributed by atoms with Gasteiger partial charge in [0.1, 0.15) is 0 Å². The van der Waals surface area contributed by atoms with Gasteiger partial charge in [0.15, 0.2) is 0 Å². The van der Waals surface area contributed by atoms with Crippen molar-refractivity contribution in [2.75, 3.05) is 6.61 Å². The van der Waals surface area contributed by atoms with E-state index in [9.17, 15) is 9.59 Å². The summed E-state index contributed by atoms with van der Waals surface area (Å²) in [6.45, 7) is 4.61. The van der Waals surface area contributed by atoms with Gasteiger partial charge in [0.25, 0.3) is 0 Å². The second kappa shape index (κ2) is 30.2. The van der Waals surface area contributed by atoms with Crippen molar-refractivity contribution in [3.8, 4) is 0 Å². The molecule has 1 N–H and O–H groups in total. The molecule has 0 spiro atoms. The zero-order valence-electron chi connectivity index (χ0n) is 25.5. The van der Waals surface area contributed by atoms with Gasteiger partial charge in [-0.1, -0.05) is 148 Å². The molecule has 0 bridgehead atoms. The van der Waals surface area contributed by atoms with Crippen molar-refractivity contribution < 1.29 is 19.4 Å². The lowest BCUT2D eigenvalue weighted by molar-refractivity contribution is -0.153. The van der Waals surface area contributed by atoms with Gasteiger partial charge in [0.2, 0.25) is 0 Å². The Morgan fingerprint density at radius 2 is 0.974 bits per heavy atom. The number of allylic oxidation sites excluding steroid dienone is 2. The molecule has 0 aliphatic heterocycles. The van der Waals surface area contributed by atoms with Crippen LogP contribution in [0.2, 0.25) is 0 Å². The van der Waals surface area contributed by atoms with Gasteiger partial charge in [0.05, 0.1) is 18.9 Å². The average Bonchev–Trinajstić information content (AvgIpc) is 2.90. The fourth-order valence-electron chi connectivity index (χ4n) is 5.06. The summed E-state index contributed by atoms with van der Waals surface area (Å²) in [7, 11) is 0. The van der Waals surface area contributed by atoms with E-state index in [4.69, 9.17) is 9.84 Å². The molecule has 4 nitrogen and oxygen atoms in total. The minimum absolute atomic E-state index is 0.113. The molecule has 0 saturated heterocycles. The topological polar surface area (TPSA) is 63.6 Å². The molecule has 1 unspecified atom stereocenters. The summed E-state index contributed by atoms with van der Waals surface area (Å²) in [6.07, 6.45) is 36.6. The smallest absolute Gasteiger partial charge is 0.309 e. The normalized spacial score (nSPS) is 12.3. The number of hydrogen-bond donors (Lipinski definition) is 1. The van der Waals surface area contributed by atoms with Crippen LogP contribution in [0.4, 0.5) is 0 Å². The van der Waals surface area contributed by atoms with Crippen LogP contribution in [-0.4, -0.2) is 23.7 Å². The Labute approximate surface area is 236 Å². The summed E-state index contributed by atoms with van der Waals surface area (Å²) in [5.74, 6) is -1.74. The molecule has 0 amide bonds. The van der Waals surface area contributed by atoms with Crippen LogP contribution in [0.5, 0.6) is 0 Å². The van der Waals surface area contributed by atoms with Gasteiger partial charge < -0.3 is 9.84 Å². The molecule has 1 atom stereocenters. The molecule has 0 rings (SSSR count). The fourth-order valence-corrected chi connectivity index (χ4v) is 5.06. The molecule has 0 saturated carbocycles. The predicted molar refractivity (Wildman–Crippen MR) is 163 cm³/mol. The molecule has 0 aliphatic carbocycles. The van der Waals surface area contributed by atoms with Crippen LogP contribution in [0.25, 0.3) is 0 Å². The third-order valence-electron chi connectivity index (χ3n) is 7.52. The third-order valence-corrected chi connectivity index (χ3v) is 7.52. The van der Waals surface area contributed by atoms with E-state index >= 15 is 0 Å². The Kier molecular flexibility index (Phi) is 29.2. The zero-order chi connectivity index (χ0) is 27.9. The number of aliphatic carboxylic acids is 1. The molecule has 0 aliphatic rings. The number of unbranched alkanes of at least 4 members (excludes halogenated alkanes) is 21. The van der Waals surface area contributed by atoms with Crippen molar-refractivity contribution in [3.05, 3.63) is 12.2 Å². The summed E-state index contributed by atoms with van der Waals surface area (Å²) in [4.78, 5) is 23.0. The van der Waals surface area contributed by atoms with E-state index in [2.05, 4.69) is 19.1 Å². The predicted octanol–water partition coefficient (Wildman–Crippen LogP) is 11.0. The van der Waals surface area contributed by atoms with E-state index in [-0.39, 0.29) is 12.4 Å². The SMILES string of the molecule is CCCCCCCCCCCCC/C=C/CCCCCCCCCCCCC(CC(=O)O)C(=O)OCCC. The van der Waals surface area contributed by atoms with Crippen LogP contribution in [0.15, 0.2) is 12.2 Å². The van der Waals surface area contributed by atoms with E-state index in [1.165, 1.54) is 135 Å². The Hall–Kier alpha value is -1.32. The van der Waals surface area contributed by atoms with Gasteiger partial charge in [-0.2, -0.15) is 0 Å². The van der Waals surface area contributed by atoms with Crippen molar-refractivity contribution in [2.45, 2.75) is 181 Å². The first-order valence-corrected chi connectivity index (χ1v) is 16.6. The number of carbonyl (C=O) groups excluding carboxylic acids is 1. The number of esters is 1. The molecule has 38 heavy (non-hydrogen) atoms. The van der Waals surface area contributed by atoms with Crippen molar-refractivity contribution in [3.63, 3.8) is 0 Å². The molecular formula is C34H64O4. The fraction of sp³-hybridized carbons (Fsp3) is 0.882. The van der Waals surface area contributed by atoms with Gasteiger partial charge in [-0.25, -0.2) is 0 Å². The quantitative estimate of drug-likeness (QED) is 0.0563. The van der Waals surface area contributed by atoms with Gasteiger partial charge in [-0.15, -0.1) is 0 Å². The molecule has 0 heterocycles. The van der Waals surface area contributed by atoms with Crippen LogP contribution in [0, 0.1) is 5.92 Å². The highest BCUT2D eigenvalue weighted by Gasteiger charge is 2.22. The number of carboxylic acids is 1. The van der Waals surface area contributed by atoms with E-state index in [0.717, 1.165) is 19.3 Å². The number of hydrogen-bond acceptors (Lipinski definition) is 3. The van der Waals surface area contributed by atoms with Crippen molar-refractivity contribution >= 4 is 11.9 Å². The number of ether oxygens (including phenoxy) is 1. The lowest BCUT2D eigenvalue weighted by Gasteiger charge is -2.13. The van der Waals surface area contributed by atoms with Crippen molar-refractivity contribution in [2.24, 2.45) is 5.92 Å². The van der Waals surface area contributed by atoms with E-state index in [1.807, 2.05) is 6.92 Å². The standard InChI is InChI=1S/C34H64O4/c1-3-5-6-7-8-9-10-11-12-13-14-15-16-17-18-19-20-21-22-23-24-25-26-27-28-29-32(31-33(35)36)34(37)38-30-4-2/h16-17,32H,3-15,18-31H2,1-2H3,(H,35,36)/b17-16+. The molecular weight excluding hydrogens is 472 g/mol. The monoisotopic (exact) mass is 536 g/mol. The second-order valence-electron chi connectivity index (χ2n) is 11.4. The summed E-state index contributed by atoms with van der Waals surface area (Å²) in [5, 5.41) is 9.04. The summed E-state index contributed by atoms with van der Waals surface area (Å²) in [6, 6.07) is 0. The summed E-state index contributed by atoms with van der Waals surface area (Å²) in [5.41, 5.74) is 0. The minimum Gasteiger partial charge on any atom is -0.481 e. The molecule has 0 aromatic rings. The lowest BCUT2D eigenvalue weighted by atomic mass is 9.97. The number of rotatable bonds is 30. The largest absolute Gasteiger partial charge is 0.481 e. The molecule has 4 heteroatoms. The Morgan fingerprint density at radius 1 is 0.579 bits per heavy atom. The summed E-state index contributed by atoms with van der Waals surface area (Å²) >= 11 is 0. The van der Waals surface area contributed by atoms with Gasteiger partial charge in [0, 0.05) is 0 Å². The van der Waals surface area contributed by atoms with Crippen LogP contribution in [0.3, 0.4) is 0 Å². The van der Waals surface area contributed by atoms with Crippen LogP contribution < -0.4 is 0 Å². The average molecular weight is 537 g/mol. The number of carbonyl (C=O) groups is 2. The van der Waals surface area contributed by atoms with Gasteiger partial charge >= 0.3 is 11.9 Å². The maximum Gasteiger partial charge on any atom is 0.309 e. The van der Waals surface area contributed by atoms with Crippen molar-refractivity contribution in [1.29, 1.82) is 0 Å². The van der Waals surface area contributed by atoms with E-state index in [1.54, 1.807) is 0 Å². The zero-order valence-corrected chi connectivity index (χ0v) is 25.5. The van der Waals surface area contributed by atoms with Crippen LogP contribution >= 0.6 is 0 Å². The first kappa shape index (κ1) is 36.7. The molecule has 0 aromatic heterocycles. The first-order chi connectivity index (χ1) is 18.6. The Bertz CT molecular complexity index is 543. The highest BCUT2D eigenvalue weighted by molar-refractivity contribution is 5.79. The van der Waals surface area contributed by atoms with Crippen LogP contribution in [-0.2, 0) is 14.3 Å². The highest BCUT2D eigenvalue weighted by atomic mass is 16.5. The molecule has 0 fully saturated rings. The van der Waals surface area contributed by atoms with E-state index in [0.29, 0.717) is 13.0 Å². The van der Waals surface area contributed by atoms with Crippen LogP contribution in [0.1, 0.15) is 181 Å². The van der Waals surface area contributed by atoms with Gasteiger partial charge in [-0.05, 0) is 38.5 Å². The highest BCUT2D eigenvalue weighted by Crippen LogP contribution is 2.18. The second-order valence-corrected chi connectivity index (χ2v) is 11.4. The molecule has 224 valence electrons. The minimum atomic E-state index is -0.918. The maximum absolute atomic E-state index is 12.0.